The number of rotatable bonds is 10. The van der Waals surface area contributed by atoms with Crippen molar-refractivity contribution in [1.82, 2.24) is 0 Å². The van der Waals surface area contributed by atoms with Crippen LogP contribution in [0.4, 0.5) is 0 Å². The molecule has 0 saturated heterocycles. The summed E-state index contributed by atoms with van der Waals surface area (Å²) in [4.78, 5) is 23.8. The average molecular weight is 473 g/mol. The minimum atomic E-state index is -1.32. The standard InChI is InChI=1S/C26H42O6.Na/c1-7-26(5,6)25(31)32-22-13-15(2)12-18-9-8-16(3)20(23(18)22)11-10-19(27)14-21(28)17(4)24(29)30;/h8-9,12,15-17,19-23,27-28H,7,10-11,13-14H2,1-6H3,(H,29,30);/q;+1/p-1/t15-,16-,17+,19?,20?,21+,22-,23?;/m0./s1. The summed E-state index contributed by atoms with van der Waals surface area (Å²) in [7, 11) is 0. The number of aliphatic carboxylic acids is 1. The number of ether oxygens (including phenoxy) is 1. The van der Waals surface area contributed by atoms with Crippen molar-refractivity contribution in [3.05, 3.63) is 23.8 Å². The fourth-order valence-corrected chi connectivity index (χ4v) is 4.81. The van der Waals surface area contributed by atoms with Crippen molar-refractivity contribution >= 4 is 11.9 Å². The van der Waals surface area contributed by atoms with Crippen LogP contribution in [0.1, 0.15) is 73.6 Å². The molecule has 0 aromatic rings. The van der Waals surface area contributed by atoms with Gasteiger partial charge in [-0.05, 0) is 69.3 Å². The molecule has 0 saturated carbocycles. The second kappa shape index (κ2) is 12.9. The Bertz CT molecular complexity index is 730. The van der Waals surface area contributed by atoms with Gasteiger partial charge in [-0.2, -0.15) is 0 Å². The first kappa shape index (κ1) is 30.4. The van der Waals surface area contributed by atoms with Crippen LogP contribution in [0.5, 0.6) is 0 Å². The first-order valence-electron chi connectivity index (χ1n) is 12.0. The van der Waals surface area contributed by atoms with Crippen LogP contribution in [0.2, 0.25) is 0 Å². The largest absolute Gasteiger partial charge is 1.00 e. The second-order valence-electron chi connectivity index (χ2n) is 10.6. The number of hydrogen-bond donors (Lipinski definition) is 2. The van der Waals surface area contributed by atoms with E-state index in [2.05, 4.69) is 32.1 Å². The third-order valence-electron chi connectivity index (χ3n) is 7.59. The molecule has 0 amide bonds. The monoisotopic (exact) mass is 472 g/mol. The Kier molecular flexibility index (Phi) is 11.8. The molecule has 0 fully saturated rings. The number of carbonyl (C=O) groups is 2. The van der Waals surface area contributed by atoms with Crippen LogP contribution >= 0.6 is 0 Å². The number of hydrogen-bond acceptors (Lipinski definition) is 6. The number of carboxylic acid groups (broad SMARTS) is 1. The number of allylic oxidation sites excluding steroid dienone is 3. The molecule has 0 spiro atoms. The fourth-order valence-electron chi connectivity index (χ4n) is 4.81. The number of aliphatic hydroxyl groups is 2. The summed E-state index contributed by atoms with van der Waals surface area (Å²) in [5, 5.41) is 31.5. The van der Waals surface area contributed by atoms with Gasteiger partial charge in [0, 0.05) is 17.8 Å². The molecule has 0 aromatic carbocycles. The summed E-state index contributed by atoms with van der Waals surface area (Å²) in [5.41, 5.74) is 0.664. The molecule has 2 N–H and O–H groups in total. The molecule has 0 aromatic heterocycles. The van der Waals surface area contributed by atoms with Crippen LogP contribution in [-0.4, -0.2) is 40.5 Å². The molecule has 8 atom stereocenters. The van der Waals surface area contributed by atoms with Crippen LogP contribution in [0.25, 0.3) is 0 Å². The van der Waals surface area contributed by atoms with E-state index in [0.717, 1.165) is 6.42 Å². The van der Waals surface area contributed by atoms with E-state index < -0.39 is 29.5 Å². The van der Waals surface area contributed by atoms with Crippen molar-refractivity contribution in [2.24, 2.45) is 35.0 Å². The van der Waals surface area contributed by atoms with Crippen LogP contribution in [-0.2, 0) is 14.3 Å². The molecule has 2 rings (SSSR count). The Morgan fingerprint density at radius 2 is 1.91 bits per heavy atom. The molecule has 3 unspecified atom stereocenters. The molecular weight excluding hydrogens is 431 g/mol. The normalized spacial score (nSPS) is 29.7. The molecule has 0 bridgehead atoms. The van der Waals surface area contributed by atoms with Crippen LogP contribution < -0.4 is 34.7 Å². The van der Waals surface area contributed by atoms with E-state index in [9.17, 15) is 24.9 Å². The van der Waals surface area contributed by atoms with Crippen molar-refractivity contribution in [2.75, 3.05) is 0 Å². The molecule has 0 radical (unpaired) electrons. The Morgan fingerprint density at radius 1 is 1.27 bits per heavy atom. The summed E-state index contributed by atoms with van der Waals surface area (Å²) in [6, 6.07) is 0. The molecule has 0 heterocycles. The Morgan fingerprint density at radius 3 is 2.48 bits per heavy atom. The smallest absolute Gasteiger partial charge is 0.550 e. The van der Waals surface area contributed by atoms with Gasteiger partial charge in [0.1, 0.15) is 6.10 Å². The molecule has 0 aliphatic heterocycles. The molecule has 182 valence electrons. The van der Waals surface area contributed by atoms with Crippen molar-refractivity contribution < 1.29 is 59.2 Å². The Balaban J connectivity index is 0.00000544. The third-order valence-corrected chi connectivity index (χ3v) is 7.59. The predicted molar refractivity (Wildman–Crippen MR) is 121 cm³/mol. The van der Waals surface area contributed by atoms with Crippen molar-refractivity contribution in [3.63, 3.8) is 0 Å². The number of carbonyl (C=O) groups excluding carboxylic acids is 2. The molecule has 2 aliphatic rings. The van der Waals surface area contributed by atoms with Gasteiger partial charge < -0.3 is 24.9 Å². The zero-order chi connectivity index (χ0) is 24.2. The van der Waals surface area contributed by atoms with E-state index in [1.165, 1.54) is 12.5 Å². The molecule has 7 heteroatoms. The number of fused-ring (bicyclic) bond motifs is 1. The van der Waals surface area contributed by atoms with Crippen LogP contribution in [0, 0.1) is 35.0 Å². The van der Waals surface area contributed by atoms with Gasteiger partial charge in [-0.3, -0.25) is 4.79 Å². The van der Waals surface area contributed by atoms with E-state index in [-0.39, 0.29) is 65.8 Å². The molecular formula is C26H41NaO6. The van der Waals surface area contributed by atoms with Crippen LogP contribution in [0.15, 0.2) is 23.8 Å². The van der Waals surface area contributed by atoms with Gasteiger partial charge in [-0.15, -0.1) is 0 Å². The van der Waals surface area contributed by atoms with Gasteiger partial charge in [0.05, 0.1) is 17.6 Å². The number of carboxylic acids is 1. The quantitative estimate of drug-likeness (QED) is 0.343. The fraction of sp³-hybridized carbons (Fsp3) is 0.769. The zero-order valence-corrected chi connectivity index (χ0v) is 23.4. The summed E-state index contributed by atoms with van der Waals surface area (Å²) in [6.45, 7) is 11.5. The summed E-state index contributed by atoms with van der Waals surface area (Å²) < 4.78 is 6.11. The van der Waals surface area contributed by atoms with Gasteiger partial charge in [0.2, 0.25) is 0 Å². The van der Waals surface area contributed by atoms with Gasteiger partial charge in [-0.25, -0.2) is 0 Å². The van der Waals surface area contributed by atoms with E-state index in [1.54, 1.807) is 0 Å². The Labute approximate surface area is 221 Å². The van der Waals surface area contributed by atoms with Crippen LogP contribution in [0.3, 0.4) is 0 Å². The molecule has 6 nitrogen and oxygen atoms in total. The predicted octanol–water partition coefficient (Wildman–Crippen LogP) is 0.0210. The van der Waals surface area contributed by atoms with Crippen molar-refractivity contribution in [3.8, 4) is 0 Å². The maximum Gasteiger partial charge on any atom is 1.00 e. The number of aliphatic hydroxyl groups excluding tert-OH is 2. The van der Waals surface area contributed by atoms with Gasteiger partial charge in [-0.1, -0.05) is 45.9 Å². The summed E-state index contributed by atoms with van der Waals surface area (Å²) in [6.07, 6.45) is 7.06. The molecule has 2 aliphatic carbocycles. The van der Waals surface area contributed by atoms with Crippen molar-refractivity contribution in [1.29, 1.82) is 0 Å². The van der Waals surface area contributed by atoms with Gasteiger partial charge in [0.25, 0.3) is 0 Å². The maximum absolute atomic E-state index is 12.9. The topological polar surface area (TPSA) is 107 Å². The van der Waals surface area contributed by atoms with E-state index in [0.29, 0.717) is 25.2 Å². The maximum atomic E-state index is 12.9. The average Bonchev–Trinajstić information content (AvgIpc) is 2.72. The number of esters is 1. The Hall–Kier alpha value is -0.660. The SMILES string of the molecule is CCC(C)(C)C(=O)O[C@H]1C[C@@H](C)C=C2C=C[C@H](C)C(CCC(O)C[C@@H](O)[C@@H](C)C(=O)[O-])C21.[Na+]. The molecule has 33 heavy (non-hydrogen) atoms. The zero-order valence-electron chi connectivity index (χ0n) is 21.4. The van der Waals surface area contributed by atoms with E-state index >= 15 is 0 Å². The second-order valence-corrected chi connectivity index (χ2v) is 10.6. The first-order valence-corrected chi connectivity index (χ1v) is 12.0. The van der Waals surface area contributed by atoms with Gasteiger partial charge in [0.15, 0.2) is 0 Å². The minimum Gasteiger partial charge on any atom is -0.550 e. The summed E-state index contributed by atoms with van der Waals surface area (Å²) >= 11 is 0. The van der Waals surface area contributed by atoms with Crippen molar-refractivity contribution in [2.45, 2.75) is 92.0 Å². The van der Waals surface area contributed by atoms with Gasteiger partial charge >= 0.3 is 35.5 Å². The van der Waals surface area contributed by atoms with E-state index in [1.807, 2.05) is 20.8 Å². The first-order chi connectivity index (χ1) is 14.9. The summed E-state index contributed by atoms with van der Waals surface area (Å²) in [5.74, 6) is -1.69. The van der Waals surface area contributed by atoms with E-state index in [4.69, 9.17) is 4.74 Å². The minimum absolute atomic E-state index is 0. The third kappa shape index (κ3) is 7.93.